The molecule has 0 saturated carbocycles. The monoisotopic (exact) mass is 436 g/mol. The predicted octanol–water partition coefficient (Wildman–Crippen LogP) is 3.91. The highest BCUT2D eigenvalue weighted by Crippen LogP contribution is 2.38. The van der Waals surface area contributed by atoms with Crippen molar-refractivity contribution in [1.82, 2.24) is 0 Å². The lowest BCUT2D eigenvalue weighted by molar-refractivity contribution is 0.103. The van der Waals surface area contributed by atoms with Gasteiger partial charge in [-0.25, -0.2) is 8.42 Å². The average Bonchev–Trinajstić information content (AvgIpc) is 2.61. The third-order valence-electron chi connectivity index (χ3n) is 3.99. The Morgan fingerprint density at radius 1 is 1.23 bits per heavy atom. The van der Waals surface area contributed by atoms with Crippen LogP contribution in [-0.2, 0) is 9.84 Å². The number of methoxy groups -OCH3 is 1. The second kappa shape index (κ2) is 7.25. The van der Waals surface area contributed by atoms with Gasteiger partial charge in [-0.1, -0.05) is 12.1 Å². The molecule has 0 atom stereocenters. The van der Waals surface area contributed by atoms with Gasteiger partial charge in [0.2, 0.25) is 0 Å². The number of carbonyl (C=O) groups excluding carboxylic acids is 1. The van der Waals surface area contributed by atoms with Crippen LogP contribution in [0, 0.1) is 0 Å². The van der Waals surface area contributed by atoms with Gasteiger partial charge in [-0.05, 0) is 58.8 Å². The van der Waals surface area contributed by atoms with Crippen LogP contribution < -0.4 is 9.47 Å². The van der Waals surface area contributed by atoms with E-state index in [1.807, 2.05) is 6.92 Å². The maximum Gasteiger partial charge on any atom is 0.191 e. The summed E-state index contributed by atoms with van der Waals surface area (Å²) in [5.74, 6) is 0.458. The van der Waals surface area contributed by atoms with Gasteiger partial charge < -0.3 is 9.47 Å². The van der Waals surface area contributed by atoms with E-state index in [1.165, 1.54) is 19.2 Å². The molecule has 1 aliphatic heterocycles. The summed E-state index contributed by atoms with van der Waals surface area (Å²) in [6, 6.07) is 9.76. The SMILES string of the molecule is CCOc1c(Br)cc(/C=C2\CS(=O)(=O)c3ccccc3C2=O)cc1OC. The molecule has 0 fully saturated rings. The van der Waals surface area contributed by atoms with Gasteiger partial charge in [0.25, 0.3) is 0 Å². The number of hydrogen-bond donors (Lipinski definition) is 0. The van der Waals surface area contributed by atoms with Crippen molar-refractivity contribution in [2.24, 2.45) is 0 Å². The van der Waals surface area contributed by atoms with E-state index in [0.29, 0.717) is 28.1 Å². The number of carbonyl (C=O) groups is 1. The van der Waals surface area contributed by atoms with Crippen LogP contribution in [0.3, 0.4) is 0 Å². The Balaban J connectivity index is 2.09. The molecule has 5 nitrogen and oxygen atoms in total. The largest absolute Gasteiger partial charge is 0.493 e. The second-order valence-electron chi connectivity index (χ2n) is 5.72. The van der Waals surface area contributed by atoms with Gasteiger partial charge in [0, 0.05) is 11.1 Å². The van der Waals surface area contributed by atoms with Crippen molar-refractivity contribution in [2.45, 2.75) is 11.8 Å². The minimum Gasteiger partial charge on any atom is -0.493 e. The average molecular weight is 437 g/mol. The summed E-state index contributed by atoms with van der Waals surface area (Å²) in [7, 11) is -2.02. The minimum absolute atomic E-state index is 0.0904. The molecule has 26 heavy (non-hydrogen) atoms. The van der Waals surface area contributed by atoms with E-state index in [9.17, 15) is 13.2 Å². The fraction of sp³-hybridized carbons (Fsp3) is 0.211. The number of benzene rings is 2. The van der Waals surface area contributed by atoms with Crippen molar-refractivity contribution < 1.29 is 22.7 Å². The van der Waals surface area contributed by atoms with Gasteiger partial charge in [0.05, 0.1) is 28.8 Å². The molecule has 1 heterocycles. The van der Waals surface area contributed by atoms with Gasteiger partial charge in [-0.3, -0.25) is 4.79 Å². The molecule has 0 bridgehead atoms. The third kappa shape index (κ3) is 3.41. The number of halogens is 1. The van der Waals surface area contributed by atoms with E-state index in [4.69, 9.17) is 9.47 Å². The van der Waals surface area contributed by atoms with Crippen molar-refractivity contribution in [1.29, 1.82) is 0 Å². The quantitative estimate of drug-likeness (QED) is 0.679. The summed E-state index contributed by atoms with van der Waals surface area (Å²) in [6.07, 6.45) is 1.58. The normalized spacial score (nSPS) is 17.0. The van der Waals surface area contributed by atoms with E-state index in [-0.39, 0.29) is 27.6 Å². The number of fused-ring (bicyclic) bond motifs is 1. The fourth-order valence-electron chi connectivity index (χ4n) is 2.86. The van der Waals surface area contributed by atoms with E-state index in [2.05, 4.69) is 15.9 Å². The molecule has 2 aromatic rings. The molecule has 0 saturated heterocycles. The Kier molecular flexibility index (Phi) is 5.20. The van der Waals surface area contributed by atoms with E-state index < -0.39 is 9.84 Å². The first-order valence-electron chi connectivity index (χ1n) is 7.94. The van der Waals surface area contributed by atoms with Gasteiger partial charge in [0.1, 0.15) is 0 Å². The molecule has 0 aliphatic carbocycles. The molecule has 3 rings (SSSR count). The Labute approximate surface area is 160 Å². The molecule has 0 unspecified atom stereocenters. The number of ether oxygens (including phenoxy) is 2. The highest BCUT2D eigenvalue weighted by Gasteiger charge is 2.32. The standard InChI is InChI=1S/C19H17BrO5S/c1-3-25-19-15(20)9-12(10-16(19)24-2)8-13-11-26(22,23)17-7-5-4-6-14(17)18(13)21/h4-10H,3,11H2,1-2H3/b13-8+. The lowest BCUT2D eigenvalue weighted by Gasteiger charge is -2.18. The van der Waals surface area contributed by atoms with Crippen LogP contribution in [0.1, 0.15) is 22.8 Å². The highest BCUT2D eigenvalue weighted by atomic mass is 79.9. The Hall–Kier alpha value is -2.12. The van der Waals surface area contributed by atoms with Crippen molar-refractivity contribution in [3.05, 3.63) is 57.6 Å². The summed E-state index contributed by atoms with van der Waals surface area (Å²) in [4.78, 5) is 12.8. The lowest BCUT2D eigenvalue weighted by Crippen LogP contribution is -2.24. The smallest absolute Gasteiger partial charge is 0.191 e. The van der Waals surface area contributed by atoms with Crippen LogP contribution in [0.2, 0.25) is 0 Å². The van der Waals surface area contributed by atoms with E-state index >= 15 is 0 Å². The number of ketones is 1. The topological polar surface area (TPSA) is 69.7 Å². The maximum atomic E-state index is 12.7. The lowest BCUT2D eigenvalue weighted by atomic mass is 10.0. The third-order valence-corrected chi connectivity index (χ3v) is 6.29. The summed E-state index contributed by atoms with van der Waals surface area (Å²) >= 11 is 3.43. The molecule has 0 N–H and O–H groups in total. The predicted molar refractivity (Wildman–Crippen MR) is 103 cm³/mol. The van der Waals surface area contributed by atoms with Gasteiger partial charge in [-0.15, -0.1) is 0 Å². The first kappa shape index (κ1) is 18.7. The fourth-order valence-corrected chi connectivity index (χ4v) is 5.00. The summed E-state index contributed by atoms with van der Waals surface area (Å²) in [5.41, 5.74) is 1.08. The Morgan fingerprint density at radius 2 is 1.96 bits per heavy atom. The zero-order chi connectivity index (χ0) is 18.9. The summed E-state index contributed by atoms with van der Waals surface area (Å²) < 4.78 is 36.6. The zero-order valence-corrected chi connectivity index (χ0v) is 16.7. The number of rotatable bonds is 4. The van der Waals surface area contributed by atoms with Crippen molar-refractivity contribution in [2.75, 3.05) is 19.5 Å². The molecule has 0 radical (unpaired) electrons. The van der Waals surface area contributed by atoms with Crippen molar-refractivity contribution in [3.8, 4) is 11.5 Å². The summed E-state index contributed by atoms with van der Waals surface area (Å²) in [5, 5.41) is 0. The first-order valence-corrected chi connectivity index (χ1v) is 10.4. The minimum atomic E-state index is -3.54. The van der Waals surface area contributed by atoms with Gasteiger partial charge in [0.15, 0.2) is 27.1 Å². The molecule has 2 aromatic carbocycles. The van der Waals surface area contributed by atoms with Gasteiger partial charge >= 0.3 is 0 Å². The Morgan fingerprint density at radius 3 is 2.65 bits per heavy atom. The first-order chi connectivity index (χ1) is 12.4. The molecule has 0 amide bonds. The van der Waals surface area contributed by atoms with Gasteiger partial charge in [-0.2, -0.15) is 0 Å². The maximum absolute atomic E-state index is 12.7. The number of hydrogen-bond acceptors (Lipinski definition) is 5. The van der Waals surface area contributed by atoms with E-state index in [1.54, 1.807) is 30.3 Å². The molecule has 1 aliphatic rings. The van der Waals surface area contributed by atoms with Crippen molar-refractivity contribution >= 4 is 37.6 Å². The van der Waals surface area contributed by atoms with Crippen molar-refractivity contribution in [3.63, 3.8) is 0 Å². The van der Waals surface area contributed by atoms with Crippen LogP contribution in [0.25, 0.3) is 6.08 Å². The van der Waals surface area contributed by atoms with Crippen LogP contribution >= 0.6 is 15.9 Å². The second-order valence-corrected chi connectivity index (χ2v) is 8.53. The number of Topliss-reactive ketones (excluding diaryl/α,β-unsaturated/α-hetero) is 1. The zero-order valence-electron chi connectivity index (χ0n) is 14.3. The molecular weight excluding hydrogens is 420 g/mol. The van der Waals surface area contributed by atoms with Crippen LogP contribution in [0.5, 0.6) is 11.5 Å². The molecule has 136 valence electrons. The van der Waals surface area contributed by atoms with Crippen LogP contribution in [0.4, 0.5) is 0 Å². The summed E-state index contributed by atoms with van der Waals surface area (Å²) in [6.45, 7) is 2.34. The molecule has 0 spiro atoms. The van der Waals surface area contributed by atoms with E-state index in [0.717, 1.165) is 0 Å². The number of sulfone groups is 1. The molecule has 0 aromatic heterocycles. The molecular formula is C19H17BrO5S. The highest BCUT2D eigenvalue weighted by molar-refractivity contribution is 9.10. The Bertz CT molecular complexity index is 1010. The van der Waals surface area contributed by atoms with Crippen LogP contribution in [-0.4, -0.2) is 33.7 Å². The molecule has 7 heteroatoms. The van der Waals surface area contributed by atoms with Crippen LogP contribution in [0.15, 0.2) is 51.3 Å².